The SMILES string of the molecule is CC1=[C-]CC=C1CC1=CC[C-]=C1C.[Zr+2]. The second-order valence-electron chi connectivity index (χ2n) is 3.65. The van der Waals surface area contributed by atoms with Crippen LogP contribution < -0.4 is 0 Å². The molecule has 0 aromatic carbocycles. The van der Waals surface area contributed by atoms with E-state index in [4.69, 9.17) is 0 Å². The Morgan fingerprint density at radius 3 is 1.71 bits per heavy atom. The Morgan fingerprint density at radius 1 is 1.00 bits per heavy atom. The Kier molecular flexibility index (Phi) is 4.32. The molecule has 0 fully saturated rings. The zero-order valence-electron chi connectivity index (χ0n) is 8.78. The van der Waals surface area contributed by atoms with Crippen LogP contribution in [0, 0.1) is 12.2 Å². The fourth-order valence-electron chi connectivity index (χ4n) is 1.80. The van der Waals surface area contributed by atoms with Crippen molar-refractivity contribution in [2.24, 2.45) is 0 Å². The predicted molar refractivity (Wildman–Crippen MR) is 54.9 cm³/mol. The van der Waals surface area contributed by atoms with Crippen molar-refractivity contribution in [1.29, 1.82) is 0 Å². The second-order valence-corrected chi connectivity index (χ2v) is 3.65. The Balaban J connectivity index is 0.000000980. The largest absolute Gasteiger partial charge is 2.00 e. The van der Waals surface area contributed by atoms with Crippen molar-refractivity contribution >= 4 is 0 Å². The average molecular weight is 261 g/mol. The van der Waals surface area contributed by atoms with E-state index in [1.165, 1.54) is 22.3 Å². The zero-order chi connectivity index (χ0) is 9.26. The molecule has 0 saturated carbocycles. The molecule has 0 radical (unpaired) electrons. The van der Waals surface area contributed by atoms with Crippen molar-refractivity contribution in [1.82, 2.24) is 0 Å². The fourth-order valence-corrected chi connectivity index (χ4v) is 1.80. The normalized spacial score (nSPS) is 19.6. The van der Waals surface area contributed by atoms with Crippen LogP contribution in [0.5, 0.6) is 0 Å². The molecule has 2 aliphatic rings. The Hall–Kier alpha value is -0.157. The topological polar surface area (TPSA) is 0 Å². The summed E-state index contributed by atoms with van der Waals surface area (Å²) in [7, 11) is 0. The van der Waals surface area contributed by atoms with Gasteiger partial charge in [0.1, 0.15) is 0 Å². The Labute approximate surface area is 106 Å². The summed E-state index contributed by atoms with van der Waals surface area (Å²) in [4.78, 5) is 0. The van der Waals surface area contributed by atoms with E-state index in [9.17, 15) is 0 Å². The third-order valence-corrected chi connectivity index (χ3v) is 2.78. The summed E-state index contributed by atoms with van der Waals surface area (Å²) in [6.07, 6.45) is 14.3. The standard InChI is InChI=1S/C13H14.Zr/c1-10-5-3-7-12(10)9-13-8-4-6-11(13)2;/h7-8H,3-4,9H2,1-2H3;/q-2;+2. The van der Waals surface area contributed by atoms with Gasteiger partial charge in [-0.25, -0.2) is 22.3 Å². The second kappa shape index (κ2) is 5.07. The van der Waals surface area contributed by atoms with Crippen LogP contribution in [-0.4, -0.2) is 0 Å². The molecule has 0 aliphatic heterocycles. The van der Waals surface area contributed by atoms with Crippen LogP contribution in [0.4, 0.5) is 0 Å². The van der Waals surface area contributed by atoms with Crippen LogP contribution in [-0.2, 0) is 26.2 Å². The van der Waals surface area contributed by atoms with E-state index in [1.54, 1.807) is 0 Å². The molecule has 2 rings (SSSR count). The first-order chi connectivity index (χ1) is 6.27. The van der Waals surface area contributed by atoms with E-state index >= 15 is 0 Å². The van der Waals surface area contributed by atoms with E-state index in [0.717, 1.165) is 19.3 Å². The Bertz CT molecular complexity index is 306. The van der Waals surface area contributed by atoms with E-state index < -0.39 is 0 Å². The van der Waals surface area contributed by atoms with Gasteiger partial charge in [-0.3, -0.25) is 12.2 Å². The van der Waals surface area contributed by atoms with Gasteiger partial charge in [-0.2, -0.15) is 12.2 Å². The third kappa shape index (κ3) is 2.45. The van der Waals surface area contributed by atoms with Gasteiger partial charge in [0.2, 0.25) is 0 Å². The van der Waals surface area contributed by atoms with Crippen LogP contribution in [0.3, 0.4) is 0 Å². The molecule has 2 aliphatic carbocycles. The fraction of sp³-hybridized carbons (Fsp3) is 0.385. The van der Waals surface area contributed by atoms with Gasteiger partial charge < -0.3 is 0 Å². The first kappa shape index (κ1) is 11.9. The van der Waals surface area contributed by atoms with Crippen molar-refractivity contribution in [2.75, 3.05) is 0 Å². The van der Waals surface area contributed by atoms with Crippen LogP contribution in [0.2, 0.25) is 0 Å². The zero-order valence-corrected chi connectivity index (χ0v) is 11.2. The van der Waals surface area contributed by atoms with Crippen molar-refractivity contribution in [3.63, 3.8) is 0 Å². The molecule has 0 N–H and O–H groups in total. The summed E-state index contributed by atoms with van der Waals surface area (Å²) in [5.74, 6) is 0. The monoisotopic (exact) mass is 260 g/mol. The minimum Gasteiger partial charge on any atom is -0.270 e. The molecule has 0 saturated heterocycles. The van der Waals surface area contributed by atoms with Crippen molar-refractivity contribution in [3.05, 3.63) is 46.6 Å². The molecule has 0 nitrogen and oxygen atoms in total. The molecular formula is C13H14Zr. The quantitative estimate of drug-likeness (QED) is 0.667. The van der Waals surface area contributed by atoms with E-state index in [2.05, 4.69) is 38.2 Å². The summed E-state index contributed by atoms with van der Waals surface area (Å²) >= 11 is 0. The van der Waals surface area contributed by atoms with Crippen molar-refractivity contribution in [2.45, 2.75) is 33.1 Å². The molecule has 70 valence electrons. The molecule has 0 amide bonds. The van der Waals surface area contributed by atoms with Gasteiger partial charge in [0.05, 0.1) is 0 Å². The van der Waals surface area contributed by atoms with E-state index in [1.807, 2.05) is 0 Å². The van der Waals surface area contributed by atoms with Crippen LogP contribution >= 0.6 is 0 Å². The summed E-state index contributed by atoms with van der Waals surface area (Å²) in [5, 5.41) is 0. The van der Waals surface area contributed by atoms with Crippen molar-refractivity contribution in [3.8, 4) is 0 Å². The minimum absolute atomic E-state index is 0. The molecule has 1 heteroatoms. The molecule has 0 spiro atoms. The third-order valence-electron chi connectivity index (χ3n) is 2.78. The van der Waals surface area contributed by atoms with Crippen LogP contribution in [0.15, 0.2) is 34.4 Å². The van der Waals surface area contributed by atoms with Gasteiger partial charge >= 0.3 is 26.2 Å². The summed E-state index contributed by atoms with van der Waals surface area (Å²) in [6, 6.07) is 0. The van der Waals surface area contributed by atoms with Crippen LogP contribution in [0.25, 0.3) is 0 Å². The predicted octanol–water partition coefficient (Wildman–Crippen LogP) is 3.53. The molecular weight excluding hydrogens is 247 g/mol. The summed E-state index contributed by atoms with van der Waals surface area (Å²) in [5.41, 5.74) is 5.57. The van der Waals surface area contributed by atoms with Gasteiger partial charge in [-0.15, -0.1) is 19.3 Å². The van der Waals surface area contributed by atoms with Gasteiger partial charge in [0, 0.05) is 0 Å². The molecule has 14 heavy (non-hydrogen) atoms. The molecule has 0 heterocycles. The molecule has 0 atom stereocenters. The number of rotatable bonds is 2. The molecule has 0 aromatic heterocycles. The van der Waals surface area contributed by atoms with E-state index in [0.29, 0.717) is 0 Å². The first-order valence-electron chi connectivity index (χ1n) is 4.81. The maximum Gasteiger partial charge on any atom is 2.00 e. The van der Waals surface area contributed by atoms with Gasteiger partial charge in [-0.1, -0.05) is 13.8 Å². The summed E-state index contributed by atoms with van der Waals surface area (Å²) < 4.78 is 0. The smallest absolute Gasteiger partial charge is 0.270 e. The minimum atomic E-state index is 0. The van der Waals surface area contributed by atoms with Gasteiger partial charge in [-0.05, 0) is 0 Å². The summed E-state index contributed by atoms with van der Waals surface area (Å²) in [6.45, 7) is 4.30. The Morgan fingerprint density at radius 2 is 1.43 bits per heavy atom. The maximum atomic E-state index is 3.33. The number of hydrogen-bond donors (Lipinski definition) is 0. The molecule has 0 aromatic rings. The number of allylic oxidation sites excluding steroid dienone is 8. The molecule has 0 unspecified atom stereocenters. The maximum absolute atomic E-state index is 3.33. The van der Waals surface area contributed by atoms with Crippen LogP contribution in [0.1, 0.15) is 33.1 Å². The first-order valence-corrected chi connectivity index (χ1v) is 4.81. The van der Waals surface area contributed by atoms with Crippen molar-refractivity contribution < 1.29 is 26.2 Å². The average Bonchev–Trinajstić information content (AvgIpc) is 2.65. The van der Waals surface area contributed by atoms with E-state index in [-0.39, 0.29) is 26.2 Å². The molecule has 0 bridgehead atoms. The van der Waals surface area contributed by atoms with Gasteiger partial charge in [0.15, 0.2) is 0 Å². The van der Waals surface area contributed by atoms with Gasteiger partial charge in [0.25, 0.3) is 0 Å². The number of hydrogen-bond acceptors (Lipinski definition) is 0.